The van der Waals surface area contributed by atoms with E-state index in [1.165, 1.54) is 12.1 Å². The zero-order valence-electron chi connectivity index (χ0n) is 10.6. The minimum absolute atomic E-state index is 0.0427. The van der Waals surface area contributed by atoms with Crippen molar-refractivity contribution < 1.29 is 14.7 Å². The van der Waals surface area contributed by atoms with Gasteiger partial charge in [-0.15, -0.1) is 0 Å². The van der Waals surface area contributed by atoms with E-state index in [0.29, 0.717) is 5.82 Å². The van der Waals surface area contributed by atoms with Crippen molar-refractivity contribution in [3.05, 3.63) is 57.7 Å². The van der Waals surface area contributed by atoms with Crippen molar-refractivity contribution >= 4 is 33.6 Å². The Labute approximate surface area is 123 Å². The van der Waals surface area contributed by atoms with Gasteiger partial charge >= 0.3 is 5.97 Å². The van der Waals surface area contributed by atoms with Gasteiger partial charge in [-0.05, 0) is 46.6 Å². The largest absolute Gasteiger partial charge is 0.478 e. The number of aromatic carboxylic acids is 1. The van der Waals surface area contributed by atoms with Crippen molar-refractivity contribution in [2.45, 2.75) is 6.92 Å². The van der Waals surface area contributed by atoms with Crippen LogP contribution in [0.2, 0.25) is 0 Å². The fraction of sp³-hybridized carbons (Fsp3) is 0.0714. The molecule has 1 amide bonds. The van der Waals surface area contributed by atoms with Gasteiger partial charge in [0.1, 0.15) is 5.82 Å². The number of pyridine rings is 1. The number of carbonyl (C=O) groups excluding carboxylic acids is 1. The number of halogens is 1. The molecular weight excluding hydrogens is 324 g/mol. The first kappa shape index (κ1) is 14.2. The summed E-state index contributed by atoms with van der Waals surface area (Å²) in [4.78, 5) is 27.2. The third kappa shape index (κ3) is 3.03. The van der Waals surface area contributed by atoms with Gasteiger partial charge in [-0.1, -0.05) is 12.1 Å². The summed E-state index contributed by atoms with van der Waals surface area (Å²) >= 11 is 3.32. The summed E-state index contributed by atoms with van der Waals surface area (Å²) in [7, 11) is 0. The van der Waals surface area contributed by atoms with Crippen molar-refractivity contribution in [1.29, 1.82) is 0 Å². The van der Waals surface area contributed by atoms with Crippen LogP contribution < -0.4 is 5.32 Å². The Kier molecular flexibility index (Phi) is 4.14. The number of rotatable bonds is 3. The number of carboxylic acid groups (broad SMARTS) is 1. The fourth-order valence-electron chi connectivity index (χ4n) is 1.66. The Bertz CT molecular complexity index is 686. The van der Waals surface area contributed by atoms with Crippen LogP contribution in [0.25, 0.3) is 0 Å². The molecule has 0 fully saturated rings. The van der Waals surface area contributed by atoms with Gasteiger partial charge in [0.05, 0.1) is 11.1 Å². The van der Waals surface area contributed by atoms with Crippen molar-refractivity contribution in [2.75, 3.05) is 5.32 Å². The molecule has 0 radical (unpaired) electrons. The smallest absolute Gasteiger partial charge is 0.336 e. The van der Waals surface area contributed by atoms with Gasteiger partial charge in [0, 0.05) is 10.7 Å². The molecule has 0 aliphatic carbocycles. The zero-order chi connectivity index (χ0) is 14.7. The highest BCUT2D eigenvalue weighted by atomic mass is 79.9. The summed E-state index contributed by atoms with van der Waals surface area (Å²) in [6.07, 6.45) is 1.58. The van der Waals surface area contributed by atoms with E-state index in [2.05, 4.69) is 26.2 Å². The number of carboxylic acids is 1. The number of carbonyl (C=O) groups is 2. The number of nitrogens with zero attached hydrogens (tertiary/aromatic N) is 1. The van der Waals surface area contributed by atoms with Gasteiger partial charge in [-0.25, -0.2) is 9.78 Å². The van der Waals surface area contributed by atoms with Gasteiger partial charge < -0.3 is 10.4 Å². The predicted octanol–water partition coefficient (Wildman–Crippen LogP) is 3.10. The van der Waals surface area contributed by atoms with Crippen molar-refractivity contribution in [2.24, 2.45) is 0 Å². The number of benzene rings is 1. The van der Waals surface area contributed by atoms with E-state index in [0.717, 1.165) is 10.0 Å². The van der Waals surface area contributed by atoms with Crippen molar-refractivity contribution in [3.8, 4) is 0 Å². The molecule has 102 valence electrons. The lowest BCUT2D eigenvalue weighted by Crippen LogP contribution is -2.17. The molecule has 0 aliphatic heterocycles. The van der Waals surface area contributed by atoms with Crippen LogP contribution in [0.5, 0.6) is 0 Å². The van der Waals surface area contributed by atoms with Crippen LogP contribution in [-0.2, 0) is 0 Å². The average Bonchev–Trinajstić information content (AvgIpc) is 2.43. The number of anilines is 1. The molecule has 6 heteroatoms. The number of amides is 1. The topological polar surface area (TPSA) is 79.3 Å². The standard InChI is InChI=1S/C14H11BrN2O3/c1-8-6-12(16-7-11(8)15)17-13(18)9-4-2-3-5-10(9)14(19)20/h2-7H,1H3,(H,19,20)(H,16,17,18). The van der Waals surface area contributed by atoms with Crippen LogP contribution in [-0.4, -0.2) is 22.0 Å². The number of aromatic nitrogens is 1. The van der Waals surface area contributed by atoms with Crippen LogP contribution in [0, 0.1) is 6.92 Å². The van der Waals surface area contributed by atoms with Crippen LogP contribution in [0.1, 0.15) is 26.3 Å². The monoisotopic (exact) mass is 334 g/mol. The van der Waals surface area contributed by atoms with Crippen LogP contribution in [0.3, 0.4) is 0 Å². The second kappa shape index (κ2) is 5.83. The van der Waals surface area contributed by atoms with Gasteiger partial charge in [0.2, 0.25) is 0 Å². The van der Waals surface area contributed by atoms with E-state index >= 15 is 0 Å². The highest BCUT2D eigenvalue weighted by molar-refractivity contribution is 9.10. The van der Waals surface area contributed by atoms with E-state index in [1.54, 1.807) is 24.4 Å². The molecule has 0 spiro atoms. The summed E-state index contributed by atoms with van der Waals surface area (Å²) in [6, 6.07) is 7.73. The number of nitrogens with one attached hydrogen (secondary N) is 1. The molecule has 1 aromatic heterocycles. The third-order valence-electron chi connectivity index (χ3n) is 2.69. The van der Waals surface area contributed by atoms with E-state index in [9.17, 15) is 9.59 Å². The molecule has 2 aromatic rings. The van der Waals surface area contributed by atoms with Gasteiger partial charge in [0.15, 0.2) is 0 Å². The molecule has 0 unspecified atom stereocenters. The summed E-state index contributed by atoms with van der Waals surface area (Å²) in [5, 5.41) is 11.6. The molecule has 0 atom stereocenters. The minimum atomic E-state index is -1.14. The molecule has 1 aromatic carbocycles. The molecule has 5 nitrogen and oxygen atoms in total. The Hall–Kier alpha value is -2.21. The summed E-state index contributed by atoms with van der Waals surface area (Å²) in [6.45, 7) is 1.87. The lowest BCUT2D eigenvalue weighted by atomic mass is 10.1. The number of hydrogen-bond donors (Lipinski definition) is 2. The Balaban J connectivity index is 2.28. The van der Waals surface area contributed by atoms with Crippen LogP contribution >= 0.6 is 15.9 Å². The van der Waals surface area contributed by atoms with E-state index in [4.69, 9.17) is 5.11 Å². The maximum Gasteiger partial charge on any atom is 0.336 e. The molecule has 0 aliphatic rings. The first-order valence-corrected chi connectivity index (χ1v) is 6.54. The van der Waals surface area contributed by atoms with Crippen LogP contribution in [0.4, 0.5) is 5.82 Å². The second-order valence-corrected chi connectivity index (χ2v) is 4.98. The molecule has 0 bridgehead atoms. The average molecular weight is 335 g/mol. The predicted molar refractivity (Wildman–Crippen MR) is 78.0 cm³/mol. The lowest BCUT2D eigenvalue weighted by molar-refractivity contribution is 0.0692. The fourth-order valence-corrected chi connectivity index (χ4v) is 1.88. The van der Waals surface area contributed by atoms with Gasteiger partial charge in [-0.2, -0.15) is 0 Å². The molecule has 0 saturated heterocycles. The number of aryl methyl sites for hydroxylation is 1. The van der Waals surface area contributed by atoms with Crippen molar-refractivity contribution in [3.63, 3.8) is 0 Å². The van der Waals surface area contributed by atoms with Crippen molar-refractivity contribution in [1.82, 2.24) is 4.98 Å². The highest BCUT2D eigenvalue weighted by Gasteiger charge is 2.16. The normalized spacial score (nSPS) is 10.1. The molecular formula is C14H11BrN2O3. The quantitative estimate of drug-likeness (QED) is 0.903. The summed E-state index contributed by atoms with van der Waals surface area (Å²) < 4.78 is 0.835. The maximum absolute atomic E-state index is 12.1. The van der Waals surface area contributed by atoms with E-state index < -0.39 is 11.9 Å². The summed E-state index contributed by atoms with van der Waals surface area (Å²) in [5.41, 5.74) is 0.975. The highest BCUT2D eigenvalue weighted by Crippen LogP contribution is 2.18. The van der Waals surface area contributed by atoms with Gasteiger partial charge in [-0.3, -0.25) is 4.79 Å². The SMILES string of the molecule is Cc1cc(NC(=O)c2ccccc2C(=O)O)ncc1Br. The Morgan fingerprint density at radius 3 is 2.50 bits per heavy atom. The molecule has 0 saturated carbocycles. The zero-order valence-corrected chi connectivity index (χ0v) is 12.1. The molecule has 1 heterocycles. The lowest BCUT2D eigenvalue weighted by Gasteiger charge is -2.08. The second-order valence-electron chi connectivity index (χ2n) is 4.12. The third-order valence-corrected chi connectivity index (χ3v) is 3.52. The van der Waals surface area contributed by atoms with Gasteiger partial charge in [0.25, 0.3) is 5.91 Å². The summed E-state index contributed by atoms with van der Waals surface area (Å²) in [5.74, 6) is -1.27. The molecule has 20 heavy (non-hydrogen) atoms. The first-order chi connectivity index (χ1) is 9.49. The Morgan fingerprint density at radius 2 is 1.90 bits per heavy atom. The van der Waals surface area contributed by atoms with E-state index in [-0.39, 0.29) is 11.1 Å². The van der Waals surface area contributed by atoms with E-state index in [1.807, 2.05) is 6.92 Å². The maximum atomic E-state index is 12.1. The first-order valence-electron chi connectivity index (χ1n) is 5.75. The number of hydrogen-bond acceptors (Lipinski definition) is 3. The minimum Gasteiger partial charge on any atom is -0.478 e. The molecule has 2 N–H and O–H groups in total. The Morgan fingerprint density at radius 1 is 1.25 bits per heavy atom. The van der Waals surface area contributed by atoms with Crippen LogP contribution in [0.15, 0.2) is 41.0 Å². The molecule has 2 rings (SSSR count).